The van der Waals surface area contributed by atoms with Crippen molar-refractivity contribution in [3.63, 3.8) is 0 Å². The summed E-state index contributed by atoms with van der Waals surface area (Å²) in [7, 11) is 2.18. The van der Waals surface area contributed by atoms with E-state index in [9.17, 15) is 0 Å². The van der Waals surface area contributed by atoms with Crippen LogP contribution in [0.3, 0.4) is 0 Å². The second kappa shape index (κ2) is 9.65. The molecule has 1 aromatic heterocycles. The molecule has 0 unspecified atom stereocenters. The topological polar surface area (TPSA) is 50.1 Å². The summed E-state index contributed by atoms with van der Waals surface area (Å²) in [5.41, 5.74) is 2.60. The summed E-state index contributed by atoms with van der Waals surface area (Å²) in [5.74, 6) is 0.779. The second-order valence-corrected chi connectivity index (χ2v) is 8.70. The summed E-state index contributed by atoms with van der Waals surface area (Å²) in [6.45, 7) is 5.35. The van der Waals surface area contributed by atoms with Gasteiger partial charge in [-0.25, -0.2) is 0 Å². The van der Waals surface area contributed by atoms with Crippen LogP contribution in [0, 0.1) is 0 Å². The molecule has 0 radical (unpaired) electrons. The standard InChI is InChI=1S/C27H30N6/c1-31-19-21-32(22-20-31)18-17-26-28-30-33(29-26)27(23-11-5-2-6-12-23,24-13-7-3-8-14-24)25-15-9-4-10-16-25/h2-16H,17-22H2,1H3. The highest BCUT2D eigenvalue weighted by atomic mass is 15.6. The molecule has 1 saturated heterocycles. The molecule has 5 rings (SSSR count). The average molecular weight is 439 g/mol. The van der Waals surface area contributed by atoms with Gasteiger partial charge in [0, 0.05) is 39.1 Å². The molecule has 0 N–H and O–H groups in total. The first-order chi connectivity index (χ1) is 16.3. The van der Waals surface area contributed by atoms with Gasteiger partial charge in [-0.15, -0.1) is 15.0 Å². The van der Waals surface area contributed by atoms with Crippen LogP contribution in [0.15, 0.2) is 91.0 Å². The summed E-state index contributed by atoms with van der Waals surface area (Å²) in [5, 5.41) is 14.1. The molecular formula is C27H30N6. The number of likely N-dealkylation sites (N-methyl/N-ethyl adjacent to an activating group) is 1. The monoisotopic (exact) mass is 438 g/mol. The number of piperazine rings is 1. The number of hydrogen-bond donors (Lipinski definition) is 0. The zero-order valence-corrected chi connectivity index (χ0v) is 19.1. The SMILES string of the molecule is CN1CCN(CCc2nnn(C(c3ccccc3)(c3ccccc3)c3ccccc3)n2)CC1. The van der Waals surface area contributed by atoms with E-state index >= 15 is 0 Å². The van der Waals surface area contributed by atoms with Crippen molar-refractivity contribution in [3.8, 4) is 0 Å². The van der Waals surface area contributed by atoms with Crippen LogP contribution in [0.2, 0.25) is 0 Å². The quantitative estimate of drug-likeness (QED) is 0.415. The number of aromatic nitrogens is 4. The molecular weight excluding hydrogens is 408 g/mol. The third kappa shape index (κ3) is 4.32. The zero-order valence-electron chi connectivity index (χ0n) is 19.1. The maximum absolute atomic E-state index is 4.97. The van der Waals surface area contributed by atoms with Crippen molar-refractivity contribution in [1.82, 2.24) is 30.0 Å². The lowest BCUT2D eigenvalue weighted by molar-refractivity contribution is 0.155. The molecule has 0 bridgehead atoms. The van der Waals surface area contributed by atoms with Crippen molar-refractivity contribution in [2.24, 2.45) is 0 Å². The smallest absolute Gasteiger partial charge is 0.176 e. The fraction of sp³-hybridized carbons (Fsp3) is 0.296. The molecule has 33 heavy (non-hydrogen) atoms. The van der Waals surface area contributed by atoms with E-state index in [0.717, 1.165) is 61.7 Å². The van der Waals surface area contributed by atoms with Gasteiger partial charge in [-0.1, -0.05) is 91.0 Å². The first-order valence-corrected chi connectivity index (χ1v) is 11.6. The highest BCUT2D eigenvalue weighted by Crippen LogP contribution is 2.39. The van der Waals surface area contributed by atoms with Crippen LogP contribution >= 0.6 is 0 Å². The molecule has 6 nitrogen and oxygen atoms in total. The molecule has 1 fully saturated rings. The van der Waals surface area contributed by atoms with Crippen LogP contribution in [0.4, 0.5) is 0 Å². The lowest BCUT2D eigenvalue weighted by atomic mass is 9.77. The Morgan fingerprint density at radius 2 is 1.18 bits per heavy atom. The maximum Gasteiger partial charge on any atom is 0.176 e. The van der Waals surface area contributed by atoms with Gasteiger partial charge in [0.2, 0.25) is 0 Å². The molecule has 0 saturated carbocycles. The summed E-state index contributed by atoms with van der Waals surface area (Å²) in [4.78, 5) is 6.67. The lowest BCUT2D eigenvalue weighted by Crippen LogP contribution is -2.45. The van der Waals surface area contributed by atoms with Crippen LogP contribution in [-0.2, 0) is 12.0 Å². The van der Waals surface area contributed by atoms with E-state index in [1.165, 1.54) is 0 Å². The molecule has 1 aliphatic rings. The highest BCUT2D eigenvalue weighted by molar-refractivity contribution is 5.49. The molecule has 2 heterocycles. The number of nitrogens with zero attached hydrogens (tertiary/aromatic N) is 6. The Morgan fingerprint density at radius 3 is 1.67 bits per heavy atom. The van der Waals surface area contributed by atoms with Gasteiger partial charge in [0.05, 0.1) is 0 Å². The molecule has 168 valence electrons. The molecule has 3 aromatic carbocycles. The molecule has 0 spiro atoms. The Morgan fingerprint density at radius 1 is 0.697 bits per heavy atom. The van der Waals surface area contributed by atoms with Crippen LogP contribution in [0.1, 0.15) is 22.5 Å². The Labute approximate surface area is 195 Å². The predicted molar refractivity (Wildman–Crippen MR) is 130 cm³/mol. The minimum absolute atomic E-state index is 0.705. The number of rotatable bonds is 7. The molecule has 1 aliphatic heterocycles. The predicted octanol–water partition coefficient (Wildman–Crippen LogP) is 3.30. The van der Waals surface area contributed by atoms with E-state index < -0.39 is 5.54 Å². The third-order valence-corrected chi connectivity index (χ3v) is 6.58. The van der Waals surface area contributed by atoms with Crippen LogP contribution in [0.25, 0.3) is 0 Å². The minimum Gasteiger partial charge on any atom is -0.304 e. The van der Waals surface area contributed by atoms with Crippen molar-refractivity contribution in [2.45, 2.75) is 12.0 Å². The largest absolute Gasteiger partial charge is 0.304 e. The second-order valence-electron chi connectivity index (χ2n) is 8.70. The third-order valence-electron chi connectivity index (χ3n) is 6.58. The van der Waals surface area contributed by atoms with E-state index in [-0.39, 0.29) is 0 Å². The van der Waals surface area contributed by atoms with Gasteiger partial charge in [0.15, 0.2) is 11.4 Å². The van der Waals surface area contributed by atoms with Gasteiger partial charge in [-0.3, -0.25) is 0 Å². The first-order valence-electron chi connectivity index (χ1n) is 11.6. The van der Waals surface area contributed by atoms with Crippen LogP contribution in [0.5, 0.6) is 0 Å². The molecule has 0 amide bonds. The molecule has 6 heteroatoms. The van der Waals surface area contributed by atoms with Crippen molar-refractivity contribution in [3.05, 3.63) is 114 Å². The highest BCUT2D eigenvalue weighted by Gasteiger charge is 2.41. The fourth-order valence-corrected chi connectivity index (χ4v) is 4.70. The number of hydrogen-bond acceptors (Lipinski definition) is 5. The first kappa shape index (κ1) is 21.5. The Hall–Kier alpha value is -3.35. The van der Waals surface area contributed by atoms with Crippen molar-refractivity contribution in [1.29, 1.82) is 0 Å². The Bertz CT molecular complexity index is 1040. The van der Waals surface area contributed by atoms with E-state index in [4.69, 9.17) is 5.10 Å². The van der Waals surface area contributed by atoms with Gasteiger partial charge < -0.3 is 9.80 Å². The molecule has 0 atom stereocenters. The van der Waals surface area contributed by atoms with E-state index in [2.05, 4.69) is 100.0 Å². The lowest BCUT2D eigenvalue weighted by Gasteiger charge is -2.34. The van der Waals surface area contributed by atoms with E-state index in [1.807, 2.05) is 23.0 Å². The Kier molecular flexibility index (Phi) is 6.28. The summed E-state index contributed by atoms with van der Waals surface area (Å²) in [6.07, 6.45) is 0.790. The van der Waals surface area contributed by atoms with Crippen molar-refractivity contribution < 1.29 is 0 Å². The number of tetrazole rings is 1. The van der Waals surface area contributed by atoms with Gasteiger partial charge in [-0.05, 0) is 29.0 Å². The van der Waals surface area contributed by atoms with E-state index in [0.29, 0.717) is 0 Å². The van der Waals surface area contributed by atoms with E-state index in [1.54, 1.807) is 0 Å². The maximum atomic E-state index is 4.97. The summed E-state index contributed by atoms with van der Waals surface area (Å²) < 4.78 is 0. The summed E-state index contributed by atoms with van der Waals surface area (Å²) in [6, 6.07) is 31.4. The normalized spacial score (nSPS) is 15.5. The fourth-order valence-electron chi connectivity index (χ4n) is 4.70. The number of benzene rings is 3. The average Bonchev–Trinajstić information content (AvgIpc) is 3.35. The minimum atomic E-state index is -0.705. The summed E-state index contributed by atoms with van der Waals surface area (Å²) >= 11 is 0. The van der Waals surface area contributed by atoms with Crippen molar-refractivity contribution in [2.75, 3.05) is 39.8 Å². The van der Waals surface area contributed by atoms with Gasteiger partial charge in [-0.2, -0.15) is 0 Å². The zero-order chi connectivity index (χ0) is 22.5. The van der Waals surface area contributed by atoms with Gasteiger partial charge in [0.25, 0.3) is 0 Å². The van der Waals surface area contributed by atoms with Crippen LogP contribution < -0.4 is 0 Å². The Balaban J connectivity index is 1.56. The molecule has 0 aliphatic carbocycles. The van der Waals surface area contributed by atoms with Crippen molar-refractivity contribution >= 4 is 0 Å². The van der Waals surface area contributed by atoms with Crippen LogP contribution in [-0.4, -0.2) is 69.8 Å². The van der Waals surface area contributed by atoms with Gasteiger partial charge in [0.1, 0.15) is 0 Å². The van der Waals surface area contributed by atoms with Gasteiger partial charge >= 0.3 is 0 Å². The molecule has 4 aromatic rings.